The Hall–Kier alpha value is -2.88. The van der Waals surface area contributed by atoms with Crippen molar-refractivity contribution < 1.29 is 18.0 Å². The lowest BCUT2D eigenvalue weighted by Crippen LogP contribution is -2.40. The Kier molecular flexibility index (Phi) is 5.27. The zero-order valence-electron chi connectivity index (χ0n) is 15.3. The molecule has 0 radical (unpaired) electrons. The monoisotopic (exact) mass is 421 g/mol. The minimum Gasteiger partial charge on any atom is -0.346 e. The van der Waals surface area contributed by atoms with Crippen LogP contribution in [0.2, 0.25) is 0 Å². The van der Waals surface area contributed by atoms with E-state index in [0.717, 1.165) is 35.4 Å². The van der Waals surface area contributed by atoms with Crippen LogP contribution in [0.4, 0.5) is 24.0 Å². The van der Waals surface area contributed by atoms with Gasteiger partial charge in [0.05, 0.1) is 11.5 Å². The van der Waals surface area contributed by atoms with E-state index in [1.807, 2.05) is 34.0 Å². The van der Waals surface area contributed by atoms with E-state index in [0.29, 0.717) is 13.0 Å². The van der Waals surface area contributed by atoms with Gasteiger partial charge in [-0.1, -0.05) is 17.4 Å². The number of nitrogens with zero attached hydrogens (tertiary/aromatic N) is 4. The van der Waals surface area contributed by atoms with Crippen LogP contribution in [0.15, 0.2) is 48.8 Å². The third-order valence-electron chi connectivity index (χ3n) is 4.75. The molecule has 1 N–H and O–H groups in total. The largest absolute Gasteiger partial charge is 0.416 e. The summed E-state index contributed by atoms with van der Waals surface area (Å²) >= 11 is 1.43. The zero-order chi connectivity index (χ0) is 20.4. The van der Waals surface area contributed by atoms with Gasteiger partial charge in [-0.15, -0.1) is 10.2 Å². The fourth-order valence-corrected chi connectivity index (χ4v) is 4.13. The number of hydrogen-bond donors (Lipinski definition) is 1. The molecule has 10 heteroatoms. The van der Waals surface area contributed by atoms with Gasteiger partial charge in [0.15, 0.2) is 0 Å². The first-order chi connectivity index (χ1) is 13.9. The minimum atomic E-state index is -4.45. The quantitative estimate of drug-likeness (QED) is 0.686. The molecule has 1 aliphatic heterocycles. The van der Waals surface area contributed by atoms with E-state index >= 15 is 0 Å². The van der Waals surface area contributed by atoms with Crippen LogP contribution in [0.25, 0.3) is 5.13 Å². The van der Waals surface area contributed by atoms with Gasteiger partial charge in [0.1, 0.15) is 0 Å². The fraction of sp³-hybridized carbons (Fsp3) is 0.316. The summed E-state index contributed by atoms with van der Waals surface area (Å²) in [5.74, 6) is -0.624. The predicted molar refractivity (Wildman–Crippen MR) is 104 cm³/mol. The summed E-state index contributed by atoms with van der Waals surface area (Å²) in [5.41, 5.74) is -0.639. The standard InChI is InChI=1S/C19H18F3N5OS/c20-19(21,22)14-6-3-7-15(11-14)23-16(28)13-5-4-10-27(12-13)18-25-24-17(29-18)26-8-1-2-9-26/h1-3,6-9,11,13H,4-5,10,12H2,(H,23,28)/t13-/m1/s1. The van der Waals surface area contributed by atoms with Crippen LogP contribution in [-0.2, 0) is 11.0 Å². The molecule has 29 heavy (non-hydrogen) atoms. The van der Waals surface area contributed by atoms with Crippen LogP contribution in [0, 0.1) is 5.92 Å². The maximum Gasteiger partial charge on any atom is 0.416 e. The maximum atomic E-state index is 12.9. The van der Waals surface area contributed by atoms with Crippen LogP contribution >= 0.6 is 11.3 Å². The van der Waals surface area contributed by atoms with E-state index in [1.165, 1.54) is 23.5 Å². The second kappa shape index (κ2) is 7.86. The molecular formula is C19H18F3N5OS. The number of aromatic nitrogens is 3. The topological polar surface area (TPSA) is 63.1 Å². The normalized spacial score (nSPS) is 17.3. The highest BCUT2D eigenvalue weighted by atomic mass is 32.1. The number of benzene rings is 1. The molecular weight excluding hydrogens is 403 g/mol. The lowest BCUT2D eigenvalue weighted by atomic mass is 9.97. The summed E-state index contributed by atoms with van der Waals surface area (Å²) in [6.45, 7) is 1.21. The van der Waals surface area contributed by atoms with Gasteiger partial charge in [-0.3, -0.25) is 9.36 Å². The molecule has 152 valence electrons. The number of nitrogens with one attached hydrogen (secondary N) is 1. The highest BCUT2D eigenvalue weighted by molar-refractivity contribution is 7.17. The zero-order valence-corrected chi connectivity index (χ0v) is 16.1. The number of anilines is 2. The molecule has 1 aliphatic rings. The van der Waals surface area contributed by atoms with Crippen molar-refractivity contribution in [1.82, 2.24) is 14.8 Å². The van der Waals surface area contributed by atoms with Crippen LogP contribution in [0.1, 0.15) is 18.4 Å². The molecule has 0 spiro atoms. The highest BCUT2D eigenvalue weighted by Gasteiger charge is 2.31. The van der Waals surface area contributed by atoms with Crippen molar-refractivity contribution in [2.24, 2.45) is 5.92 Å². The second-order valence-corrected chi connectivity index (χ2v) is 7.74. The van der Waals surface area contributed by atoms with E-state index in [9.17, 15) is 18.0 Å². The Morgan fingerprint density at radius 1 is 1.14 bits per heavy atom. The summed E-state index contributed by atoms with van der Waals surface area (Å²) < 4.78 is 40.5. The molecule has 0 unspecified atom stereocenters. The number of carbonyl (C=O) groups excluding carboxylic acids is 1. The van der Waals surface area contributed by atoms with Gasteiger partial charge in [0, 0.05) is 31.2 Å². The molecule has 1 atom stereocenters. The van der Waals surface area contributed by atoms with E-state index in [1.54, 1.807) is 0 Å². The molecule has 6 nitrogen and oxygen atoms in total. The lowest BCUT2D eigenvalue weighted by Gasteiger charge is -2.31. The Balaban J connectivity index is 1.43. The molecule has 1 saturated heterocycles. The van der Waals surface area contributed by atoms with Crippen LogP contribution in [0.3, 0.4) is 0 Å². The summed E-state index contributed by atoms with van der Waals surface area (Å²) in [6, 6.07) is 8.48. The molecule has 1 fully saturated rings. The van der Waals surface area contributed by atoms with Gasteiger partial charge < -0.3 is 10.2 Å². The number of halogens is 3. The van der Waals surface area contributed by atoms with Crippen LogP contribution in [-0.4, -0.2) is 33.8 Å². The third kappa shape index (κ3) is 4.42. The number of carbonyl (C=O) groups is 1. The second-order valence-electron chi connectivity index (χ2n) is 6.81. The van der Waals surface area contributed by atoms with Crippen molar-refractivity contribution in [2.75, 3.05) is 23.3 Å². The fourth-order valence-electron chi connectivity index (χ4n) is 3.28. The Bertz CT molecular complexity index is 986. The van der Waals surface area contributed by atoms with Crippen molar-refractivity contribution in [3.63, 3.8) is 0 Å². The molecule has 4 rings (SSSR count). The Morgan fingerprint density at radius 3 is 2.66 bits per heavy atom. The minimum absolute atomic E-state index is 0.146. The molecule has 0 saturated carbocycles. The van der Waals surface area contributed by atoms with Crippen LogP contribution in [0.5, 0.6) is 0 Å². The van der Waals surface area contributed by atoms with Crippen molar-refractivity contribution in [3.8, 4) is 5.13 Å². The predicted octanol–water partition coefficient (Wildman–Crippen LogP) is 4.20. The van der Waals surface area contributed by atoms with Gasteiger partial charge in [0.25, 0.3) is 0 Å². The van der Waals surface area contributed by atoms with Crippen molar-refractivity contribution in [2.45, 2.75) is 19.0 Å². The Labute approximate surface area is 169 Å². The van der Waals surface area contributed by atoms with Gasteiger partial charge in [-0.2, -0.15) is 13.2 Å². The first-order valence-electron chi connectivity index (χ1n) is 9.10. The average Bonchev–Trinajstić information content (AvgIpc) is 3.39. The Morgan fingerprint density at radius 2 is 1.90 bits per heavy atom. The van der Waals surface area contributed by atoms with Gasteiger partial charge in [0.2, 0.25) is 16.2 Å². The smallest absolute Gasteiger partial charge is 0.346 e. The molecule has 0 bridgehead atoms. The number of hydrogen-bond acceptors (Lipinski definition) is 5. The molecule has 1 aromatic carbocycles. The summed E-state index contributed by atoms with van der Waals surface area (Å²) in [4.78, 5) is 14.6. The molecule has 0 aliphatic carbocycles. The number of amides is 1. The van der Waals surface area contributed by atoms with Crippen LogP contribution < -0.4 is 10.2 Å². The van der Waals surface area contributed by atoms with Gasteiger partial charge in [-0.05, 0) is 43.2 Å². The lowest BCUT2D eigenvalue weighted by molar-refractivity contribution is -0.137. The van der Waals surface area contributed by atoms with Crippen molar-refractivity contribution >= 4 is 28.1 Å². The molecule has 3 heterocycles. The summed E-state index contributed by atoms with van der Waals surface area (Å²) in [6.07, 6.45) is 0.777. The highest BCUT2D eigenvalue weighted by Crippen LogP contribution is 2.31. The molecule has 2 aromatic heterocycles. The van der Waals surface area contributed by atoms with Crippen molar-refractivity contribution in [3.05, 3.63) is 54.4 Å². The number of rotatable bonds is 4. The van der Waals surface area contributed by atoms with E-state index in [2.05, 4.69) is 15.5 Å². The first-order valence-corrected chi connectivity index (χ1v) is 9.92. The molecule has 1 amide bonds. The first kappa shape index (κ1) is 19.4. The van der Waals surface area contributed by atoms with E-state index in [-0.39, 0.29) is 17.5 Å². The van der Waals surface area contributed by atoms with E-state index in [4.69, 9.17) is 0 Å². The van der Waals surface area contributed by atoms with E-state index < -0.39 is 11.7 Å². The molecule has 3 aromatic rings. The van der Waals surface area contributed by atoms with Gasteiger partial charge >= 0.3 is 6.18 Å². The number of alkyl halides is 3. The van der Waals surface area contributed by atoms with Gasteiger partial charge in [-0.25, -0.2) is 0 Å². The summed E-state index contributed by atoms with van der Waals surface area (Å²) in [7, 11) is 0. The summed E-state index contributed by atoms with van der Waals surface area (Å²) in [5, 5.41) is 12.5. The average molecular weight is 421 g/mol. The maximum absolute atomic E-state index is 12.9. The third-order valence-corrected chi connectivity index (χ3v) is 5.75. The number of piperidine rings is 1. The SMILES string of the molecule is O=C(Nc1cccc(C(F)(F)F)c1)[C@@H]1CCCN(c2nnc(-n3cccc3)s2)C1. The van der Waals surface area contributed by atoms with Crippen molar-refractivity contribution in [1.29, 1.82) is 0 Å².